The smallest absolute Gasteiger partial charge is 0.190 e. The van der Waals surface area contributed by atoms with E-state index in [0.29, 0.717) is 12.2 Å². The number of methoxy groups -OCH3 is 1. The molecule has 158 valence electrons. The lowest BCUT2D eigenvalue weighted by atomic mass is 10.0. The molecule has 0 saturated carbocycles. The first-order valence-electron chi connectivity index (χ1n) is 10.4. The third kappa shape index (κ3) is 4.13. The van der Waals surface area contributed by atoms with Gasteiger partial charge in [-0.3, -0.25) is 0 Å². The van der Waals surface area contributed by atoms with Crippen LogP contribution >= 0.6 is 11.3 Å². The SMILES string of the molecule is COc1ccc2cc(-c3csc(=Nc4ccccc4F)n3CC3CCCO3)ccc2c1. The van der Waals surface area contributed by atoms with Gasteiger partial charge < -0.3 is 14.0 Å². The fourth-order valence-electron chi connectivity index (χ4n) is 3.97. The first kappa shape index (κ1) is 20.0. The van der Waals surface area contributed by atoms with Crippen LogP contribution in [0, 0.1) is 5.82 Å². The third-order valence-electron chi connectivity index (χ3n) is 5.62. The molecule has 1 saturated heterocycles. The van der Waals surface area contributed by atoms with Gasteiger partial charge in [0.1, 0.15) is 17.3 Å². The molecule has 2 heterocycles. The summed E-state index contributed by atoms with van der Waals surface area (Å²) in [7, 11) is 1.68. The molecule has 1 fully saturated rings. The molecule has 0 aliphatic carbocycles. The Kier molecular flexibility index (Phi) is 5.57. The highest BCUT2D eigenvalue weighted by atomic mass is 32.1. The Bertz CT molecular complexity index is 1290. The van der Waals surface area contributed by atoms with Crippen LogP contribution in [0.4, 0.5) is 10.1 Å². The molecule has 1 aromatic heterocycles. The Morgan fingerprint density at radius 3 is 2.77 bits per heavy atom. The van der Waals surface area contributed by atoms with E-state index in [1.165, 1.54) is 17.4 Å². The van der Waals surface area contributed by atoms with Crippen molar-refractivity contribution in [2.24, 2.45) is 4.99 Å². The average molecular weight is 435 g/mol. The number of nitrogens with zero attached hydrogens (tertiary/aromatic N) is 2. The number of thiazole rings is 1. The minimum absolute atomic E-state index is 0.151. The molecule has 0 amide bonds. The topological polar surface area (TPSA) is 35.8 Å². The lowest BCUT2D eigenvalue weighted by Crippen LogP contribution is -2.24. The van der Waals surface area contributed by atoms with E-state index < -0.39 is 0 Å². The summed E-state index contributed by atoms with van der Waals surface area (Å²) in [5.41, 5.74) is 2.51. The van der Waals surface area contributed by atoms with Gasteiger partial charge in [-0.15, -0.1) is 11.3 Å². The number of para-hydroxylation sites is 1. The van der Waals surface area contributed by atoms with Gasteiger partial charge in [0, 0.05) is 12.0 Å². The number of hydrogen-bond acceptors (Lipinski definition) is 4. The van der Waals surface area contributed by atoms with Crippen molar-refractivity contribution < 1.29 is 13.9 Å². The van der Waals surface area contributed by atoms with E-state index in [4.69, 9.17) is 9.47 Å². The van der Waals surface area contributed by atoms with Gasteiger partial charge in [0.15, 0.2) is 4.80 Å². The second kappa shape index (κ2) is 8.65. The Hall–Kier alpha value is -2.96. The zero-order valence-electron chi connectivity index (χ0n) is 17.3. The highest BCUT2D eigenvalue weighted by Gasteiger charge is 2.19. The second-order valence-electron chi connectivity index (χ2n) is 7.64. The van der Waals surface area contributed by atoms with Crippen molar-refractivity contribution >= 4 is 27.8 Å². The molecule has 0 bridgehead atoms. The maximum absolute atomic E-state index is 14.2. The van der Waals surface area contributed by atoms with Gasteiger partial charge in [0.25, 0.3) is 0 Å². The molecule has 1 aliphatic heterocycles. The van der Waals surface area contributed by atoms with Gasteiger partial charge in [0.2, 0.25) is 0 Å². The molecule has 0 N–H and O–H groups in total. The number of benzene rings is 3. The van der Waals surface area contributed by atoms with E-state index in [0.717, 1.165) is 52.0 Å². The molecule has 0 radical (unpaired) electrons. The Balaban J connectivity index is 1.62. The Morgan fingerprint density at radius 1 is 1.13 bits per heavy atom. The van der Waals surface area contributed by atoms with Crippen LogP contribution in [0.3, 0.4) is 0 Å². The molecule has 31 heavy (non-hydrogen) atoms. The fraction of sp³-hybridized carbons (Fsp3) is 0.240. The number of rotatable bonds is 5. The van der Waals surface area contributed by atoms with E-state index in [9.17, 15) is 4.39 Å². The minimum atomic E-state index is -0.319. The van der Waals surface area contributed by atoms with Crippen LogP contribution in [0.2, 0.25) is 0 Å². The maximum atomic E-state index is 14.2. The quantitative estimate of drug-likeness (QED) is 0.390. The molecule has 1 aliphatic rings. The highest BCUT2D eigenvalue weighted by Crippen LogP contribution is 2.29. The van der Waals surface area contributed by atoms with E-state index in [2.05, 4.69) is 39.2 Å². The van der Waals surface area contributed by atoms with E-state index in [1.54, 1.807) is 25.3 Å². The number of aromatic nitrogens is 1. The maximum Gasteiger partial charge on any atom is 0.190 e. The van der Waals surface area contributed by atoms with E-state index in [-0.39, 0.29) is 11.9 Å². The summed E-state index contributed by atoms with van der Waals surface area (Å²) in [5.74, 6) is 0.524. The molecular formula is C25H23FN2O2S. The summed E-state index contributed by atoms with van der Waals surface area (Å²) < 4.78 is 27.6. The average Bonchev–Trinajstić information content (AvgIpc) is 3.45. The van der Waals surface area contributed by atoms with Crippen LogP contribution in [0.1, 0.15) is 12.8 Å². The predicted molar refractivity (Wildman–Crippen MR) is 122 cm³/mol. The molecule has 6 heteroatoms. The normalized spacial score (nSPS) is 16.8. The minimum Gasteiger partial charge on any atom is -0.497 e. The molecular weight excluding hydrogens is 411 g/mol. The van der Waals surface area contributed by atoms with Crippen molar-refractivity contribution in [3.63, 3.8) is 0 Å². The summed E-state index contributed by atoms with van der Waals surface area (Å²) in [6.07, 6.45) is 2.25. The molecule has 4 aromatic rings. The van der Waals surface area contributed by atoms with Crippen LogP contribution in [0.25, 0.3) is 22.0 Å². The number of ether oxygens (including phenoxy) is 2. The number of hydrogen-bond donors (Lipinski definition) is 0. The van der Waals surface area contributed by atoms with Crippen LogP contribution in [-0.2, 0) is 11.3 Å². The number of halogens is 1. The van der Waals surface area contributed by atoms with Crippen molar-refractivity contribution in [1.82, 2.24) is 4.57 Å². The number of fused-ring (bicyclic) bond motifs is 1. The third-order valence-corrected chi connectivity index (χ3v) is 6.48. The Morgan fingerprint density at radius 2 is 1.97 bits per heavy atom. The monoisotopic (exact) mass is 434 g/mol. The van der Waals surface area contributed by atoms with Gasteiger partial charge in [-0.25, -0.2) is 9.38 Å². The van der Waals surface area contributed by atoms with Crippen molar-refractivity contribution in [3.8, 4) is 17.0 Å². The molecule has 0 spiro atoms. The fourth-order valence-corrected chi connectivity index (χ4v) is 4.90. The zero-order valence-corrected chi connectivity index (χ0v) is 18.1. The van der Waals surface area contributed by atoms with Crippen molar-refractivity contribution in [2.75, 3.05) is 13.7 Å². The first-order valence-corrected chi connectivity index (χ1v) is 11.3. The van der Waals surface area contributed by atoms with Gasteiger partial charge in [-0.1, -0.05) is 30.3 Å². The second-order valence-corrected chi connectivity index (χ2v) is 8.48. The summed E-state index contributed by atoms with van der Waals surface area (Å²) in [5, 5.41) is 4.36. The first-order chi connectivity index (χ1) is 15.2. The largest absolute Gasteiger partial charge is 0.497 e. The molecule has 4 nitrogen and oxygen atoms in total. The van der Waals surface area contributed by atoms with E-state index in [1.807, 2.05) is 12.1 Å². The van der Waals surface area contributed by atoms with Crippen molar-refractivity contribution in [2.45, 2.75) is 25.5 Å². The van der Waals surface area contributed by atoms with Crippen LogP contribution in [0.15, 0.2) is 71.0 Å². The molecule has 5 rings (SSSR count). The molecule has 1 atom stereocenters. The van der Waals surface area contributed by atoms with Crippen LogP contribution in [0.5, 0.6) is 5.75 Å². The van der Waals surface area contributed by atoms with Gasteiger partial charge in [-0.2, -0.15) is 0 Å². The summed E-state index contributed by atoms with van der Waals surface area (Å²) >= 11 is 1.52. The van der Waals surface area contributed by atoms with Crippen LogP contribution in [-0.4, -0.2) is 24.4 Å². The Labute approximate surface area is 184 Å². The van der Waals surface area contributed by atoms with Crippen LogP contribution < -0.4 is 9.54 Å². The van der Waals surface area contributed by atoms with Gasteiger partial charge in [-0.05, 0) is 59.5 Å². The van der Waals surface area contributed by atoms with Gasteiger partial charge in [0.05, 0.1) is 25.5 Å². The summed E-state index contributed by atoms with van der Waals surface area (Å²) in [6.45, 7) is 1.50. The van der Waals surface area contributed by atoms with Crippen molar-refractivity contribution in [3.05, 3.63) is 76.7 Å². The predicted octanol–water partition coefficient (Wildman–Crippen LogP) is 5.93. The van der Waals surface area contributed by atoms with Gasteiger partial charge >= 0.3 is 0 Å². The lowest BCUT2D eigenvalue weighted by molar-refractivity contribution is 0.0968. The summed E-state index contributed by atoms with van der Waals surface area (Å²) in [6, 6.07) is 19.1. The van der Waals surface area contributed by atoms with E-state index >= 15 is 0 Å². The molecule has 1 unspecified atom stereocenters. The molecule has 3 aromatic carbocycles. The summed E-state index contributed by atoms with van der Waals surface area (Å²) in [4.78, 5) is 5.42. The lowest BCUT2D eigenvalue weighted by Gasteiger charge is -2.14. The highest BCUT2D eigenvalue weighted by molar-refractivity contribution is 7.07. The zero-order chi connectivity index (χ0) is 21.2. The standard InChI is InChI=1S/C25H23FN2O2S/c1-29-20-11-10-17-13-19(9-8-18(17)14-20)24-16-31-25(27-23-7-3-2-6-22(23)26)28(24)15-21-5-4-12-30-21/h2-3,6-11,13-14,16,21H,4-5,12,15H2,1H3. The van der Waals surface area contributed by atoms with Crippen molar-refractivity contribution in [1.29, 1.82) is 0 Å².